The van der Waals surface area contributed by atoms with Crippen LogP contribution in [0.5, 0.6) is 0 Å². The third-order valence-electron chi connectivity index (χ3n) is 3.69. The van der Waals surface area contributed by atoms with Crippen LogP contribution in [0.4, 0.5) is 13.2 Å². The molecule has 1 aliphatic carbocycles. The van der Waals surface area contributed by atoms with Gasteiger partial charge in [-0.25, -0.2) is 0 Å². The molecule has 1 fully saturated rings. The Kier molecular flexibility index (Phi) is 3.35. The molecule has 2 aliphatic rings. The van der Waals surface area contributed by atoms with Crippen LogP contribution in [0.15, 0.2) is 12.2 Å². The average Bonchev–Trinajstić information content (AvgIpc) is 2.52. The Morgan fingerprint density at radius 2 is 1.90 bits per heavy atom. The van der Waals surface area contributed by atoms with Crippen LogP contribution in [0.25, 0.3) is 0 Å². The lowest BCUT2D eigenvalue weighted by Crippen LogP contribution is -2.41. The molecule has 4 atom stereocenters. The topological polar surface area (TPSA) is 74.7 Å². The van der Waals surface area contributed by atoms with Gasteiger partial charge in [0, 0.05) is 0 Å². The van der Waals surface area contributed by atoms with E-state index in [1.54, 1.807) is 6.92 Å². The molecule has 20 heavy (non-hydrogen) atoms. The van der Waals surface area contributed by atoms with Crippen LogP contribution in [0, 0.1) is 23.7 Å². The minimum absolute atomic E-state index is 0.119. The van der Waals surface area contributed by atoms with Crippen LogP contribution in [-0.2, 0) is 14.4 Å². The molecule has 0 aromatic rings. The number of halogens is 3. The summed E-state index contributed by atoms with van der Waals surface area (Å²) in [7, 11) is 0. The molecule has 0 aromatic heterocycles. The number of carboxylic acids is 1. The molecule has 5 nitrogen and oxygen atoms in total. The van der Waals surface area contributed by atoms with Crippen LogP contribution < -0.4 is 0 Å². The molecule has 1 heterocycles. The minimum Gasteiger partial charge on any atom is -0.481 e. The van der Waals surface area contributed by atoms with Gasteiger partial charge >= 0.3 is 12.1 Å². The summed E-state index contributed by atoms with van der Waals surface area (Å²) in [5.74, 6) is -7.37. The van der Waals surface area contributed by atoms with Crippen molar-refractivity contribution in [3.8, 4) is 0 Å². The molecule has 0 unspecified atom stereocenters. The molecule has 1 aliphatic heterocycles. The smallest absolute Gasteiger partial charge is 0.406 e. The third kappa shape index (κ3) is 2.30. The maximum atomic E-state index is 12.4. The van der Waals surface area contributed by atoms with Gasteiger partial charge in [0.15, 0.2) is 0 Å². The summed E-state index contributed by atoms with van der Waals surface area (Å²) >= 11 is 0. The summed E-state index contributed by atoms with van der Waals surface area (Å²) in [6.45, 7) is -0.123. The van der Waals surface area contributed by atoms with Crippen molar-refractivity contribution in [2.75, 3.05) is 6.54 Å². The number of imide groups is 1. The van der Waals surface area contributed by atoms with E-state index in [4.69, 9.17) is 5.11 Å². The third-order valence-corrected chi connectivity index (χ3v) is 3.69. The van der Waals surface area contributed by atoms with Gasteiger partial charge in [0.1, 0.15) is 6.54 Å². The Labute approximate surface area is 112 Å². The first-order valence-corrected chi connectivity index (χ1v) is 5.96. The van der Waals surface area contributed by atoms with E-state index in [9.17, 15) is 27.6 Å². The van der Waals surface area contributed by atoms with Crippen molar-refractivity contribution >= 4 is 17.8 Å². The summed E-state index contributed by atoms with van der Waals surface area (Å²) in [4.78, 5) is 35.2. The molecule has 0 saturated carbocycles. The maximum absolute atomic E-state index is 12.4. The summed E-state index contributed by atoms with van der Waals surface area (Å²) < 4.78 is 37.2. The number of rotatable bonds is 2. The number of hydrogen-bond donors (Lipinski definition) is 1. The van der Waals surface area contributed by atoms with Gasteiger partial charge < -0.3 is 5.11 Å². The van der Waals surface area contributed by atoms with E-state index in [2.05, 4.69) is 0 Å². The lowest BCUT2D eigenvalue weighted by atomic mass is 9.72. The van der Waals surface area contributed by atoms with Crippen molar-refractivity contribution in [1.29, 1.82) is 0 Å². The first kappa shape index (κ1) is 14.5. The van der Waals surface area contributed by atoms with Gasteiger partial charge in [-0.2, -0.15) is 13.2 Å². The number of aliphatic carboxylic acids is 1. The van der Waals surface area contributed by atoms with Crippen LogP contribution in [-0.4, -0.2) is 40.5 Å². The zero-order chi connectivity index (χ0) is 15.2. The van der Waals surface area contributed by atoms with E-state index in [0.29, 0.717) is 0 Å². The van der Waals surface area contributed by atoms with Crippen LogP contribution in [0.2, 0.25) is 0 Å². The lowest BCUT2D eigenvalue weighted by molar-refractivity contribution is -0.167. The minimum atomic E-state index is -4.70. The van der Waals surface area contributed by atoms with E-state index < -0.39 is 54.2 Å². The standard InChI is InChI=1S/C12H12F3NO4/c1-5-2-3-6-8(7(5)11(19)20)10(18)16(9(6)17)4-12(13,14)15/h2-3,5-8H,4H2,1H3,(H,19,20)/t5-,6+,7-,8+/m1/s1. The quantitative estimate of drug-likeness (QED) is 0.609. The second-order valence-electron chi connectivity index (χ2n) is 5.04. The summed E-state index contributed by atoms with van der Waals surface area (Å²) in [6, 6.07) is 0. The van der Waals surface area contributed by atoms with E-state index in [-0.39, 0.29) is 4.90 Å². The van der Waals surface area contributed by atoms with Crippen molar-refractivity contribution in [3.63, 3.8) is 0 Å². The molecule has 0 radical (unpaired) electrons. The molecular weight excluding hydrogens is 279 g/mol. The van der Waals surface area contributed by atoms with Crippen molar-refractivity contribution in [3.05, 3.63) is 12.2 Å². The number of likely N-dealkylation sites (tertiary alicyclic amines) is 1. The Bertz CT molecular complexity index is 499. The first-order valence-electron chi connectivity index (χ1n) is 5.96. The largest absolute Gasteiger partial charge is 0.481 e. The molecular formula is C12H12F3NO4. The van der Waals surface area contributed by atoms with E-state index in [0.717, 1.165) is 0 Å². The highest BCUT2D eigenvalue weighted by Crippen LogP contribution is 2.41. The molecule has 0 spiro atoms. The monoisotopic (exact) mass is 291 g/mol. The van der Waals surface area contributed by atoms with Crippen LogP contribution in [0.3, 0.4) is 0 Å². The second kappa shape index (κ2) is 4.60. The molecule has 1 saturated heterocycles. The van der Waals surface area contributed by atoms with Crippen molar-refractivity contribution in [2.24, 2.45) is 23.7 Å². The summed E-state index contributed by atoms with van der Waals surface area (Å²) in [5, 5.41) is 9.14. The number of carbonyl (C=O) groups excluding carboxylic acids is 2. The Balaban J connectivity index is 2.35. The van der Waals surface area contributed by atoms with E-state index >= 15 is 0 Å². The lowest BCUT2D eigenvalue weighted by Gasteiger charge is -2.28. The van der Waals surface area contributed by atoms with Gasteiger partial charge in [-0.1, -0.05) is 19.1 Å². The number of carboxylic acid groups (broad SMARTS) is 1. The Morgan fingerprint density at radius 3 is 2.40 bits per heavy atom. The number of allylic oxidation sites excluding steroid dienone is 1. The van der Waals surface area contributed by atoms with Crippen molar-refractivity contribution in [1.82, 2.24) is 4.90 Å². The zero-order valence-corrected chi connectivity index (χ0v) is 10.4. The molecule has 110 valence electrons. The van der Waals surface area contributed by atoms with Crippen molar-refractivity contribution in [2.45, 2.75) is 13.1 Å². The highest BCUT2D eigenvalue weighted by Gasteiger charge is 2.56. The van der Waals surface area contributed by atoms with Gasteiger partial charge in [0.25, 0.3) is 0 Å². The van der Waals surface area contributed by atoms with Crippen molar-refractivity contribution < 1.29 is 32.7 Å². The number of amides is 2. The fraction of sp³-hybridized carbons (Fsp3) is 0.583. The van der Waals surface area contributed by atoms with Gasteiger partial charge in [-0.05, 0) is 5.92 Å². The predicted molar refractivity (Wildman–Crippen MR) is 59.2 cm³/mol. The molecule has 0 aromatic carbocycles. The summed E-state index contributed by atoms with van der Waals surface area (Å²) in [6.07, 6.45) is -1.90. The normalized spacial score (nSPS) is 33.5. The van der Waals surface area contributed by atoms with Gasteiger partial charge in [0.2, 0.25) is 11.8 Å². The summed E-state index contributed by atoms with van der Waals surface area (Å²) in [5.41, 5.74) is 0. The average molecular weight is 291 g/mol. The van der Waals surface area contributed by atoms with E-state index in [1.807, 2.05) is 0 Å². The number of carbonyl (C=O) groups is 3. The Hall–Kier alpha value is -1.86. The molecule has 1 N–H and O–H groups in total. The van der Waals surface area contributed by atoms with Gasteiger partial charge in [0.05, 0.1) is 17.8 Å². The van der Waals surface area contributed by atoms with Crippen LogP contribution in [0.1, 0.15) is 6.92 Å². The highest BCUT2D eigenvalue weighted by atomic mass is 19.4. The Morgan fingerprint density at radius 1 is 1.30 bits per heavy atom. The SMILES string of the molecule is C[C@@H]1C=C[C@@H]2C(=O)N(CC(F)(F)F)C(=O)[C@@H]2[C@@H]1C(=O)O. The van der Waals surface area contributed by atoms with Gasteiger partial charge in [-0.3, -0.25) is 19.3 Å². The number of hydrogen-bond acceptors (Lipinski definition) is 3. The number of nitrogens with zero attached hydrogens (tertiary/aromatic N) is 1. The fourth-order valence-corrected chi connectivity index (χ4v) is 2.81. The first-order chi connectivity index (χ1) is 9.13. The molecule has 8 heteroatoms. The molecule has 0 bridgehead atoms. The fourth-order valence-electron chi connectivity index (χ4n) is 2.81. The number of fused-ring (bicyclic) bond motifs is 1. The zero-order valence-electron chi connectivity index (χ0n) is 10.4. The van der Waals surface area contributed by atoms with Gasteiger partial charge in [-0.15, -0.1) is 0 Å². The maximum Gasteiger partial charge on any atom is 0.406 e. The molecule has 2 amide bonds. The predicted octanol–water partition coefficient (Wildman–Crippen LogP) is 1.06. The number of alkyl halides is 3. The van der Waals surface area contributed by atoms with E-state index in [1.165, 1.54) is 12.2 Å². The second-order valence-corrected chi connectivity index (χ2v) is 5.04. The molecule has 2 rings (SSSR count). The highest BCUT2D eigenvalue weighted by molar-refractivity contribution is 6.07. The van der Waals surface area contributed by atoms with Crippen LogP contribution >= 0.6 is 0 Å².